The molecule has 4 atom stereocenters. The molecule has 0 amide bonds. The Bertz CT molecular complexity index is 572. The van der Waals surface area contributed by atoms with Crippen molar-refractivity contribution < 1.29 is 19.3 Å². The molecule has 2 heterocycles. The zero-order valence-corrected chi connectivity index (χ0v) is 17.5. The van der Waals surface area contributed by atoms with Crippen LogP contribution in [0, 0.1) is 0 Å². The van der Waals surface area contributed by atoms with Gasteiger partial charge in [0.25, 0.3) is 0 Å². The Hall–Kier alpha value is -1.18. The SMILES string of the molecule is COc1ccc(COCC(O)CN2CCCC2CN2CC(C)OC(C)C2)cc1. The summed E-state index contributed by atoms with van der Waals surface area (Å²) in [6.07, 6.45) is 2.56. The van der Waals surface area contributed by atoms with Crippen LogP contribution in [0.1, 0.15) is 32.3 Å². The molecule has 2 saturated heterocycles. The molecular formula is C22H36N2O4. The van der Waals surface area contributed by atoms with E-state index in [1.807, 2.05) is 24.3 Å². The lowest BCUT2D eigenvalue weighted by Gasteiger charge is -2.38. The molecule has 0 aliphatic carbocycles. The average Bonchev–Trinajstić information content (AvgIpc) is 3.08. The molecule has 6 nitrogen and oxygen atoms in total. The predicted molar refractivity (Wildman–Crippen MR) is 110 cm³/mol. The van der Waals surface area contributed by atoms with Crippen molar-refractivity contribution in [3.63, 3.8) is 0 Å². The highest BCUT2D eigenvalue weighted by molar-refractivity contribution is 5.26. The molecule has 6 heteroatoms. The maximum absolute atomic E-state index is 10.5. The lowest BCUT2D eigenvalue weighted by molar-refractivity contribution is -0.0735. The van der Waals surface area contributed by atoms with Gasteiger partial charge in [-0.25, -0.2) is 0 Å². The number of nitrogens with zero attached hydrogens (tertiary/aromatic N) is 2. The number of morpholine rings is 1. The Kier molecular flexibility index (Phi) is 8.11. The number of hydrogen-bond acceptors (Lipinski definition) is 6. The van der Waals surface area contributed by atoms with E-state index in [9.17, 15) is 5.11 Å². The first-order valence-corrected chi connectivity index (χ1v) is 10.5. The van der Waals surface area contributed by atoms with Crippen molar-refractivity contribution in [2.75, 3.05) is 46.4 Å². The Balaban J connectivity index is 1.39. The quantitative estimate of drug-likeness (QED) is 0.695. The van der Waals surface area contributed by atoms with Crippen LogP contribution >= 0.6 is 0 Å². The lowest BCUT2D eigenvalue weighted by atomic mass is 10.1. The molecule has 158 valence electrons. The van der Waals surface area contributed by atoms with E-state index in [-0.39, 0.29) is 0 Å². The fourth-order valence-electron chi connectivity index (χ4n) is 4.43. The summed E-state index contributed by atoms with van der Waals surface area (Å²) in [6.45, 7) is 9.99. The molecular weight excluding hydrogens is 356 g/mol. The number of aliphatic hydroxyl groups is 1. The fourth-order valence-corrected chi connectivity index (χ4v) is 4.43. The monoisotopic (exact) mass is 392 g/mol. The van der Waals surface area contributed by atoms with E-state index in [4.69, 9.17) is 14.2 Å². The number of hydrogen-bond donors (Lipinski definition) is 1. The predicted octanol–water partition coefficient (Wildman–Crippen LogP) is 2.15. The van der Waals surface area contributed by atoms with Gasteiger partial charge in [-0.2, -0.15) is 0 Å². The van der Waals surface area contributed by atoms with Crippen LogP contribution < -0.4 is 4.74 Å². The standard InChI is InChI=1S/C22H36N2O4/c1-17-11-23(12-18(2)28-17)13-20-5-4-10-24(20)14-21(25)16-27-15-19-6-8-22(26-3)9-7-19/h6-9,17-18,20-21,25H,4-5,10-16H2,1-3H3. The Morgan fingerprint density at radius 2 is 1.89 bits per heavy atom. The molecule has 0 bridgehead atoms. The van der Waals surface area contributed by atoms with Crippen molar-refractivity contribution in [1.82, 2.24) is 9.80 Å². The number of likely N-dealkylation sites (tertiary alicyclic amines) is 1. The van der Waals surface area contributed by atoms with E-state index < -0.39 is 6.10 Å². The molecule has 1 N–H and O–H groups in total. The van der Waals surface area contributed by atoms with Gasteiger partial charge in [-0.3, -0.25) is 9.80 Å². The summed E-state index contributed by atoms with van der Waals surface area (Å²) < 4.78 is 16.7. The summed E-state index contributed by atoms with van der Waals surface area (Å²) in [5.41, 5.74) is 1.09. The molecule has 3 rings (SSSR count). The van der Waals surface area contributed by atoms with Crippen molar-refractivity contribution in [2.24, 2.45) is 0 Å². The van der Waals surface area contributed by atoms with Gasteiger partial charge in [-0.1, -0.05) is 12.1 Å². The highest BCUT2D eigenvalue weighted by Crippen LogP contribution is 2.21. The first kappa shape index (κ1) is 21.5. The highest BCUT2D eigenvalue weighted by Gasteiger charge is 2.30. The number of ether oxygens (including phenoxy) is 3. The Morgan fingerprint density at radius 3 is 2.57 bits per heavy atom. The third-order valence-electron chi connectivity index (χ3n) is 5.65. The molecule has 0 aromatic heterocycles. The van der Waals surface area contributed by atoms with Crippen LogP contribution in [0.3, 0.4) is 0 Å². The number of aliphatic hydroxyl groups excluding tert-OH is 1. The van der Waals surface area contributed by atoms with Crippen LogP contribution in [-0.2, 0) is 16.1 Å². The molecule has 2 aliphatic rings. The van der Waals surface area contributed by atoms with Crippen molar-refractivity contribution in [1.29, 1.82) is 0 Å². The fraction of sp³-hybridized carbons (Fsp3) is 0.727. The van der Waals surface area contributed by atoms with Crippen LogP contribution in [-0.4, -0.2) is 85.7 Å². The average molecular weight is 393 g/mol. The van der Waals surface area contributed by atoms with Gasteiger partial charge in [-0.15, -0.1) is 0 Å². The molecule has 1 aromatic carbocycles. The van der Waals surface area contributed by atoms with Gasteiger partial charge in [0.15, 0.2) is 0 Å². The third-order valence-corrected chi connectivity index (χ3v) is 5.65. The summed E-state index contributed by atoms with van der Waals surface area (Å²) in [5, 5.41) is 10.5. The van der Waals surface area contributed by atoms with E-state index in [1.54, 1.807) is 7.11 Å². The first-order valence-electron chi connectivity index (χ1n) is 10.5. The zero-order valence-electron chi connectivity index (χ0n) is 17.5. The van der Waals surface area contributed by atoms with Gasteiger partial charge in [0.2, 0.25) is 0 Å². The minimum Gasteiger partial charge on any atom is -0.497 e. The molecule has 4 unspecified atom stereocenters. The minimum absolute atomic E-state index is 0.301. The number of benzene rings is 1. The van der Waals surface area contributed by atoms with E-state index in [0.717, 1.165) is 37.5 Å². The largest absolute Gasteiger partial charge is 0.497 e. The first-order chi connectivity index (χ1) is 13.5. The van der Waals surface area contributed by atoms with Crippen molar-refractivity contribution in [3.05, 3.63) is 29.8 Å². The van der Waals surface area contributed by atoms with Gasteiger partial charge >= 0.3 is 0 Å². The van der Waals surface area contributed by atoms with Gasteiger partial charge < -0.3 is 19.3 Å². The van der Waals surface area contributed by atoms with Gasteiger partial charge in [0.05, 0.1) is 38.6 Å². The summed E-state index contributed by atoms with van der Waals surface area (Å²) in [7, 11) is 1.66. The van der Waals surface area contributed by atoms with Crippen molar-refractivity contribution >= 4 is 0 Å². The second-order valence-electron chi connectivity index (χ2n) is 8.28. The summed E-state index contributed by atoms with van der Waals surface area (Å²) in [5.74, 6) is 0.841. The summed E-state index contributed by atoms with van der Waals surface area (Å²) in [6, 6.07) is 8.36. The number of rotatable bonds is 9. The van der Waals surface area contributed by atoms with Crippen LogP contribution in [0.5, 0.6) is 5.75 Å². The molecule has 0 radical (unpaired) electrons. The molecule has 2 fully saturated rings. The van der Waals surface area contributed by atoms with Crippen molar-refractivity contribution in [2.45, 2.75) is 57.6 Å². The van der Waals surface area contributed by atoms with Crippen LogP contribution in [0.15, 0.2) is 24.3 Å². The van der Waals surface area contributed by atoms with E-state index >= 15 is 0 Å². The summed E-state index contributed by atoms with van der Waals surface area (Å²) in [4.78, 5) is 4.96. The Morgan fingerprint density at radius 1 is 1.18 bits per heavy atom. The van der Waals surface area contributed by atoms with Crippen LogP contribution in [0.25, 0.3) is 0 Å². The maximum Gasteiger partial charge on any atom is 0.118 e. The Labute approximate surface area is 169 Å². The van der Waals surface area contributed by atoms with Crippen molar-refractivity contribution in [3.8, 4) is 5.75 Å². The van der Waals surface area contributed by atoms with Crippen LogP contribution in [0.4, 0.5) is 0 Å². The topological polar surface area (TPSA) is 54.4 Å². The lowest BCUT2D eigenvalue weighted by Crippen LogP contribution is -2.51. The van der Waals surface area contributed by atoms with Gasteiger partial charge in [0, 0.05) is 32.2 Å². The number of methoxy groups -OCH3 is 1. The molecule has 1 aromatic rings. The maximum atomic E-state index is 10.5. The normalized spacial score (nSPS) is 27.8. The molecule has 2 aliphatic heterocycles. The van der Waals surface area contributed by atoms with E-state index in [2.05, 4.69) is 23.6 Å². The second kappa shape index (κ2) is 10.6. The van der Waals surface area contributed by atoms with E-state index in [0.29, 0.717) is 38.0 Å². The third kappa shape index (κ3) is 6.42. The highest BCUT2D eigenvalue weighted by atomic mass is 16.5. The van der Waals surface area contributed by atoms with E-state index in [1.165, 1.54) is 12.8 Å². The molecule has 0 spiro atoms. The number of β-amino-alcohol motifs (C(OH)–C–C–N with tert-alkyl or cyclic N) is 1. The second-order valence-corrected chi connectivity index (χ2v) is 8.28. The summed E-state index contributed by atoms with van der Waals surface area (Å²) >= 11 is 0. The molecule has 28 heavy (non-hydrogen) atoms. The van der Waals surface area contributed by atoms with Crippen LogP contribution in [0.2, 0.25) is 0 Å². The van der Waals surface area contributed by atoms with Gasteiger partial charge in [-0.05, 0) is 50.9 Å². The smallest absolute Gasteiger partial charge is 0.118 e. The minimum atomic E-state index is -0.457. The molecule has 0 saturated carbocycles. The van der Waals surface area contributed by atoms with Gasteiger partial charge in [0.1, 0.15) is 5.75 Å². The zero-order chi connectivity index (χ0) is 19.9.